The lowest BCUT2D eigenvalue weighted by Crippen LogP contribution is -1.98. The average molecular weight is 303 g/mol. The van der Waals surface area contributed by atoms with E-state index in [2.05, 4.69) is 86.0 Å². The van der Waals surface area contributed by atoms with Crippen molar-refractivity contribution < 1.29 is 0 Å². The highest BCUT2D eigenvalue weighted by atomic mass is 15.0. The fourth-order valence-corrected chi connectivity index (χ4v) is 3.32. The molecule has 1 nitrogen and oxygen atoms in total. The molecule has 0 saturated heterocycles. The maximum absolute atomic E-state index is 2.41. The molecule has 118 valence electrons. The summed E-state index contributed by atoms with van der Waals surface area (Å²) in [5.74, 6) is 0. The third-order valence-electron chi connectivity index (χ3n) is 4.38. The molecule has 0 aliphatic rings. The lowest BCUT2D eigenvalue weighted by Gasteiger charge is -2.10. The Balaban J connectivity index is 2.32. The van der Waals surface area contributed by atoms with E-state index in [1.54, 1.807) is 0 Å². The van der Waals surface area contributed by atoms with E-state index in [9.17, 15) is 0 Å². The fourth-order valence-electron chi connectivity index (χ4n) is 3.32. The Bertz CT molecular complexity index is 836. The lowest BCUT2D eigenvalue weighted by molar-refractivity contribution is 0.795. The standard InChI is InChI=1S/C22H25N/c1-4-6-13-19-20-14-7-8-15-22(20)23(21(19)10-5-2)18-12-9-11-17(3)16-18/h5,7-12,14-16H,4,6,13H2,1-3H3/b10-5-. The first-order valence-corrected chi connectivity index (χ1v) is 8.58. The number of para-hydroxylation sites is 1. The zero-order chi connectivity index (χ0) is 16.2. The summed E-state index contributed by atoms with van der Waals surface area (Å²) < 4.78 is 2.41. The summed E-state index contributed by atoms with van der Waals surface area (Å²) in [4.78, 5) is 0. The van der Waals surface area contributed by atoms with Gasteiger partial charge >= 0.3 is 0 Å². The largest absolute Gasteiger partial charge is 0.310 e. The van der Waals surface area contributed by atoms with Crippen molar-refractivity contribution in [2.24, 2.45) is 0 Å². The summed E-state index contributed by atoms with van der Waals surface area (Å²) in [6.07, 6.45) is 7.99. The van der Waals surface area contributed by atoms with E-state index in [4.69, 9.17) is 0 Å². The second kappa shape index (κ2) is 6.87. The molecule has 0 radical (unpaired) electrons. The maximum Gasteiger partial charge on any atom is 0.0537 e. The number of fused-ring (bicyclic) bond motifs is 1. The Hall–Kier alpha value is -2.28. The summed E-state index contributed by atoms with van der Waals surface area (Å²) in [6.45, 7) is 6.51. The summed E-state index contributed by atoms with van der Waals surface area (Å²) >= 11 is 0. The van der Waals surface area contributed by atoms with Crippen LogP contribution in [0.1, 0.15) is 43.5 Å². The van der Waals surface area contributed by atoms with Gasteiger partial charge in [-0.15, -0.1) is 0 Å². The minimum atomic E-state index is 1.13. The second-order valence-corrected chi connectivity index (χ2v) is 6.16. The van der Waals surface area contributed by atoms with Gasteiger partial charge in [0.15, 0.2) is 0 Å². The first-order valence-electron chi connectivity index (χ1n) is 8.58. The average Bonchev–Trinajstić information content (AvgIpc) is 2.87. The Kier molecular flexibility index (Phi) is 4.66. The molecular formula is C22H25N. The molecule has 0 unspecified atom stereocenters. The summed E-state index contributed by atoms with van der Waals surface area (Å²) in [6, 6.07) is 17.6. The van der Waals surface area contributed by atoms with Crippen LogP contribution in [0.3, 0.4) is 0 Å². The summed E-state index contributed by atoms with van der Waals surface area (Å²) in [5, 5.41) is 1.38. The minimum absolute atomic E-state index is 1.13. The first-order chi connectivity index (χ1) is 11.3. The molecule has 0 spiro atoms. The molecule has 1 aromatic heterocycles. The number of allylic oxidation sites excluding steroid dienone is 1. The van der Waals surface area contributed by atoms with Crippen LogP contribution in [0.4, 0.5) is 0 Å². The van der Waals surface area contributed by atoms with Gasteiger partial charge in [0.05, 0.1) is 5.52 Å². The van der Waals surface area contributed by atoms with Crippen molar-refractivity contribution in [3.63, 3.8) is 0 Å². The molecular weight excluding hydrogens is 278 g/mol. The number of aryl methyl sites for hydroxylation is 2. The minimum Gasteiger partial charge on any atom is -0.310 e. The highest BCUT2D eigenvalue weighted by molar-refractivity contribution is 5.90. The highest BCUT2D eigenvalue weighted by Crippen LogP contribution is 2.32. The summed E-state index contributed by atoms with van der Waals surface area (Å²) in [7, 11) is 0. The molecule has 0 bridgehead atoms. The zero-order valence-corrected chi connectivity index (χ0v) is 14.3. The van der Waals surface area contributed by atoms with Crippen LogP contribution in [0, 0.1) is 6.92 Å². The number of benzene rings is 2. The quantitative estimate of drug-likeness (QED) is 0.520. The Labute approximate surface area is 139 Å². The van der Waals surface area contributed by atoms with E-state index < -0.39 is 0 Å². The third-order valence-corrected chi connectivity index (χ3v) is 4.38. The van der Waals surface area contributed by atoms with Gasteiger partial charge in [0, 0.05) is 16.8 Å². The van der Waals surface area contributed by atoms with Crippen LogP contribution in [0.5, 0.6) is 0 Å². The number of rotatable bonds is 5. The van der Waals surface area contributed by atoms with Gasteiger partial charge in [0.25, 0.3) is 0 Å². The van der Waals surface area contributed by atoms with Crippen molar-refractivity contribution in [2.45, 2.75) is 40.0 Å². The molecule has 3 aromatic rings. The summed E-state index contributed by atoms with van der Waals surface area (Å²) in [5.41, 5.74) is 6.64. The monoisotopic (exact) mass is 303 g/mol. The topological polar surface area (TPSA) is 4.93 Å². The molecule has 23 heavy (non-hydrogen) atoms. The van der Waals surface area contributed by atoms with E-state index in [1.165, 1.54) is 46.3 Å². The van der Waals surface area contributed by atoms with Crippen LogP contribution in [-0.2, 0) is 6.42 Å². The van der Waals surface area contributed by atoms with Crippen LogP contribution in [0.2, 0.25) is 0 Å². The molecule has 0 fully saturated rings. The molecule has 0 atom stereocenters. The molecule has 0 N–H and O–H groups in total. The molecule has 1 heterocycles. The maximum atomic E-state index is 2.41. The number of unbranched alkanes of at least 4 members (excludes halogenated alkanes) is 1. The van der Waals surface area contributed by atoms with Gasteiger partial charge < -0.3 is 4.57 Å². The van der Waals surface area contributed by atoms with Gasteiger partial charge in [-0.3, -0.25) is 0 Å². The van der Waals surface area contributed by atoms with Crippen molar-refractivity contribution >= 4 is 17.0 Å². The van der Waals surface area contributed by atoms with Crippen LogP contribution in [0.25, 0.3) is 22.7 Å². The predicted octanol–water partition coefficient (Wildman–Crippen LogP) is 6.31. The van der Waals surface area contributed by atoms with Crippen LogP contribution in [0.15, 0.2) is 54.6 Å². The molecule has 0 saturated carbocycles. The van der Waals surface area contributed by atoms with Crippen molar-refractivity contribution in [1.29, 1.82) is 0 Å². The number of hydrogen-bond acceptors (Lipinski definition) is 0. The number of hydrogen-bond donors (Lipinski definition) is 0. The predicted molar refractivity (Wildman–Crippen MR) is 101 cm³/mol. The SMILES string of the molecule is C/C=C\c1c(CCCC)c2ccccc2n1-c1cccc(C)c1. The van der Waals surface area contributed by atoms with Gasteiger partial charge in [-0.2, -0.15) is 0 Å². The highest BCUT2D eigenvalue weighted by Gasteiger charge is 2.15. The molecule has 0 amide bonds. The van der Waals surface area contributed by atoms with Gasteiger partial charge in [-0.1, -0.05) is 49.8 Å². The Morgan fingerprint density at radius 1 is 1.04 bits per heavy atom. The second-order valence-electron chi connectivity index (χ2n) is 6.16. The Morgan fingerprint density at radius 2 is 1.87 bits per heavy atom. The van der Waals surface area contributed by atoms with E-state index in [0.29, 0.717) is 0 Å². The van der Waals surface area contributed by atoms with Gasteiger partial charge in [0.1, 0.15) is 0 Å². The van der Waals surface area contributed by atoms with Gasteiger partial charge in [-0.25, -0.2) is 0 Å². The molecule has 0 aliphatic carbocycles. The van der Waals surface area contributed by atoms with E-state index in [-0.39, 0.29) is 0 Å². The van der Waals surface area contributed by atoms with E-state index >= 15 is 0 Å². The van der Waals surface area contributed by atoms with Gasteiger partial charge in [0.2, 0.25) is 0 Å². The van der Waals surface area contributed by atoms with E-state index in [0.717, 1.165) is 6.42 Å². The first kappa shape index (κ1) is 15.6. The Morgan fingerprint density at radius 3 is 2.61 bits per heavy atom. The van der Waals surface area contributed by atoms with Crippen LogP contribution < -0.4 is 0 Å². The lowest BCUT2D eigenvalue weighted by atomic mass is 10.0. The third kappa shape index (κ3) is 2.96. The van der Waals surface area contributed by atoms with Crippen molar-refractivity contribution in [2.75, 3.05) is 0 Å². The smallest absolute Gasteiger partial charge is 0.0537 e. The molecule has 3 rings (SSSR count). The van der Waals surface area contributed by atoms with Crippen molar-refractivity contribution in [3.8, 4) is 5.69 Å². The number of nitrogens with zero attached hydrogens (tertiary/aromatic N) is 1. The van der Waals surface area contributed by atoms with Crippen LogP contribution in [-0.4, -0.2) is 4.57 Å². The van der Waals surface area contributed by atoms with Crippen molar-refractivity contribution in [1.82, 2.24) is 4.57 Å². The van der Waals surface area contributed by atoms with Crippen LogP contribution >= 0.6 is 0 Å². The fraction of sp³-hybridized carbons (Fsp3) is 0.273. The molecule has 2 aromatic carbocycles. The number of aromatic nitrogens is 1. The molecule has 0 aliphatic heterocycles. The van der Waals surface area contributed by atoms with Crippen molar-refractivity contribution in [3.05, 3.63) is 71.4 Å². The van der Waals surface area contributed by atoms with Gasteiger partial charge in [-0.05, 0) is 62.1 Å². The zero-order valence-electron chi connectivity index (χ0n) is 14.3. The normalized spacial score (nSPS) is 11.6. The van der Waals surface area contributed by atoms with E-state index in [1.807, 2.05) is 0 Å². The molecule has 1 heteroatoms.